The third kappa shape index (κ3) is 4.17. The van der Waals surface area contributed by atoms with E-state index in [4.69, 9.17) is 4.74 Å². The molecule has 0 amide bonds. The second kappa shape index (κ2) is 6.67. The highest BCUT2D eigenvalue weighted by Gasteiger charge is 2.17. The third-order valence-corrected chi connectivity index (χ3v) is 3.47. The smallest absolute Gasteiger partial charge is 0.0826 e. The summed E-state index contributed by atoms with van der Waals surface area (Å²) < 4.78 is 5.67. The molecule has 0 bridgehead atoms. The summed E-state index contributed by atoms with van der Waals surface area (Å²) in [5.41, 5.74) is 0. The van der Waals surface area contributed by atoms with Crippen LogP contribution in [0.25, 0.3) is 0 Å². The van der Waals surface area contributed by atoms with E-state index in [0.29, 0.717) is 12.1 Å². The summed E-state index contributed by atoms with van der Waals surface area (Å²) in [4.78, 5) is 2.38. The van der Waals surface area contributed by atoms with Gasteiger partial charge in [-0.2, -0.15) is 11.8 Å². The first-order valence-corrected chi connectivity index (χ1v) is 6.65. The summed E-state index contributed by atoms with van der Waals surface area (Å²) in [5.74, 6) is 1.19. The summed E-state index contributed by atoms with van der Waals surface area (Å²) in [6.07, 6.45) is 2.53. The number of likely N-dealkylation sites (N-methyl/N-ethyl adjacent to an activating group) is 1. The molecule has 4 heteroatoms. The zero-order valence-electron chi connectivity index (χ0n) is 9.45. The van der Waals surface area contributed by atoms with Gasteiger partial charge in [-0.25, -0.2) is 0 Å². The van der Waals surface area contributed by atoms with Crippen LogP contribution in [-0.2, 0) is 4.74 Å². The fourth-order valence-corrected chi connectivity index (χ4v) is 2.34. The van der Waals surface area contributed by atoms with Crippen molar-refractivity contribution in [2.45, 2.75) is 19.1 Å². The SMILES string of the molecule is CSCC(C)N(C)CC1CNCCO1. The van der Waals surface area contributed by atoms with E-state index in [1.54, 1.807) is 0 Å². The van der Waals surface area contributed by atoms with E-state index in [-0.39, 0.29) is 0 Å². The summed E-state index contributed by atoms with van der Waals surface area (Å²) in [6.45, 7) is 6.16. The van der Waals surface area contributed by atoms with Gasteiger partial charge in [0.1, 0.15) is 0 Å². The molecule has 1 aliphatic rings. The third-order valence-electron chi connectivity index (χ3n) is 2.66. The maximum Gasteiger partial charge on any atom is 0.0826 e. The van der Waals surface area contributed by atoms with Gasteiger partial charge in [-0.15, -0.1) is 0 Å². The summed E-state index contributed by atoms with van der Waals surface area (Å²) in [5, 5.41) is 3.35. The van der Waals surface area contributed by atoms with E-state index in [1.165, 1.54) is 5.75 Å². The molecular weight excluding hydrogens is 196 g/mol. The van der Waals surface area contributed by atoms with Crippen LogP contribution in [0.1, 0.15) is 6.92 Å². The van der Waals surface area contributed by atoms with Crippen molar-refractivity contribution in [1.29, 1.82) is 0 Å². The van der Waals surface area contributed by atoms with E-state index in [0.717, 1.165) is 26.2 Å². The van der Waals surface area contributed by atoms with Crippen molar-refractivity contribution in [2.75, 3.05) is 45.3 Å². The molecule has 84 valence electrons. The number of thioether (sulfide) groups is 1. The van der Waals surface area contributed by atoms with Crippen LogP contribution in [0.2, 0.25) is 0 Å². The number of ether oxygens (including phenoxy) is 1. The standard InChI is InChI=1S/C10H22N2OS/c1-9(8-14-3)12(2)7-10-6-11-4-5-13-10/h9-11H,4-8H2,1-3H3. The second-order valence-corrected chi connectivity index (χ2v) is 4.85. The van der Waals surface area contributed by atoms with E-state index in [9.17, 15) is 0 Å². The molecule has 0 spiro atoms. The van der Waals surface area contributed by atoms with Crippen molar-refractivity contribution in [1.82, 2.24) is 10.2 Å². The zero-order chi connectivity index (χ0) is 10.4. The van der Waals surface area contributed by atoms with Gasteiger partial charge in [0.2, 0.25) is 0 Å². The highest BCUT2D eigenvalue weighted by Crippen LogP contribution is 2.06. The van der Waals surface area contributed by atoms with Gasteiger partial charge in [-0.05, 0) is 20.2 Å². The number of hydrogen-bond acceptors (Lipinski definition) is 4. The number of nitrogens with one attached hydrogen (secondary N) is 1. The summed E-state index contributed by atoms with van der Waals surface area (Å²) >= 11 is 1.90. The first-order valence-electron chi connectivity index (χ1n) is 5.25. The second-order valence-electron chi connectivity index (χ2n) is 3.94. The molecule has 0 aromatic rings. The fourth-order valence-electron chi connectivity index (χ4n) is 1.61. The lowest BCUT2D eigenvalue weighted by molar-refractivity contribution is 0.00564. The van der Waals surface area contributed by atoms with Gasteiger partial charge in [0, 0.05) is 31.4 Å². The lowest BCUT2D eigenvalue weighted by atomic mass is 10.2. The highest BCUT2D eigenvalue weighted by atomic mass is 32.2. The minimum absolute atomic E-state index is 0.373. The summed E-state index contributed by atoms with van der Waals surface area (Å²) in [7, 11) is 2.18. The minimum Gasteiger partial charge on any atom is -0.374 e. The molecule has 1 rings (SSSR count). The Morgan fingerprint density at radius 3 is 3.00 bits per heavy atom. The molecule has 1 aliphatic heterocycles. The van der Waals surface area contributed by atoms with Crippen molar-refractivity contribution >= 4 is 11.8 Å². The summed E-state index contributed by atoms with van der Waals surface area (Å²) in [6, 6.07) is 0.635. The van der Waals surface area contributed by atoms with E-state index in [1.807, 2.05) is 11.8 Å². The first kappa shape index (κ1) is 12.3. The quantitative estimate of drug-likeness (QED) is 0.732. The Balaban J connectivity index is 2.20. The van der Waals surface area contributed by atoms with Crippen LogP contribution < -0.4 is 5.32 Å². The number of rotatable bonds is 5. The van der Waals surface area contributed by atoms with Crippen LogP contribution in [0.5, 0.6) is 0 Å². The average Bonchev–Trinajstić information content (AvgIpc) is 2.19. The number of nitrogens with zero attached hydrogens (tertiary/aromatic N) is 1. The lowest BCUT2D eigenvalue weighted by Gasteiger charge is -2.31. The lowest BCUT2D eigenvalue weighted by Crippen LogP contribution is -2.46. The van der Waals surface area contributed by atoms with E-state index in [2.05, 4.69) is 30.4 Å². The van der Waals surface area contributed by atoms with Crippen LogP contribution in [0.3, 0.4) is 0 Å². The van der Waals surface area contributed by atoms with Crippen molar-refractivity contribution in [2.24, 2.45) is 0 Å². The molecule has 1 fully saturated rings. The Morgan fingerprint density at radius 1 is 1.64 bits per heavy atom. The number of hydrogen-bond donors (Lipinski definition) is 1. The van der Waals surface area contributed by atoms with Gasteiger partial charge in [-0.1, -0.05) is 0 Å². The van der Waals surface area contributed by atoms with Gasteiger partial charge >= 0.3 is 0 Å². The average molecular weight is 218 g/mol. The zero-order valence-corrected chi connectivity index (χ0v) is 10.3. The molecule has 14 heavy (non-hydrogen) atoms. The maximum absolute atomic E-state index is 5.67. The van der Waals surface area contributed by atoms with Crippen LogP contribution in [0.4, 0.5) is 0 Å². The molecular formula is C10H22N2OS. The monoisotopic (exact) mass is 218 g/mol. The van der Waals surface area contributed by atoms with Crippen molar-refractivity contribution < 1.29 is 4.74 Å². The van der Waals surface area contributed by atoms with Gasteiger partial charge in [0.25, 0.3) is 0 Å². The van der Waals surface area contributed by atoms with E-state index < -0.39 is 0 Å². The van der Waals surface area contributed by atoms with Crippen molar-refractivity contribution in [3.63, 3.8) is 0 Å². The van der Waals surface area contributed by atoms with Gasteiger partial charge in [-0.3, -0.25) is 0 Å². The van der Waals surface area contributed by atoms with Crippen molar-refractivity contribution in [3.8, 4) is 0 Å². The molecule has 0 aromatic heterocycles. The molecule has 1 saturated heterocycles. The Morgan fingerprint density at radius 2 is 2.43 bits per heavy atom. The Labute approximate surface area is 91.6 Å². The fraction of sp³-hybridized carbons (Fsp3) is 1.00. The normalized spacial score (nSPS) is 25.3. The maximum atomic E-state index is 5.67. The van der Waals surface area contributed by atoms with Crippen LogP contribution in [-0.4, -0.2) is 62.3 Å². The Kier molecular flexibility index (Phi) is 5.86. The molecule has 0 saturated carbocycles. The van der Waals surface area contributed by atoms with E-state index >= 15 is 0 Å². The van der Waals surface area contributed by atoms with Crippen LogP contribution in [0, 0.1) is 0 Å². The van der Waals surface area contributed by atoms with Crippen molar-refractivity contribution in [3.05, 3.63) is 0 Å². The largest absolute Gasteiger partial charge is 0.374 e. The Bertz CT molecular complexity index is 151. The van der Waals surface area contributed by atoms with Gasteiger partial charge in [0.15, 0.2) is 0 Å². The number of morpholine rings is 1. The predicted molar refractivity (Wildman–Crippen MR) is 63.1 cm³/mol. The topological polar surface area (TPSA) is 24.5 Å². The van der Waals surface area contributed by atoms with Gasteiger partial charge in [0.05, 0.1) is 12.7 Å². The molecule has 1 N–H and O–H groups in total. The molecule has 2 unspecified atom stereocenters. The van der Waals surface area contributed by atoms with Crippen LogP contribution in [0.15, 0.2) is 0 Å². The molecule has 0 aliphatic carbocycles. The Hall–Kier alpha value is 0.230. The molecule has 0 radical (unpaired) electrons. The van der Waals surface area contributed by atoms with Gasteiger partial charge < -0.3 is 15.0 Å². The highest BCUT2D eigenvalue weighted by molar-refractivity contribution is 7.98. The molecule has 1 heterocycles. The first-order chi connectivity index (χ1) is 6.74. The molecule has 3 nitrogen and oxygen atoms in total. The minimum atomic E-state index is 0.373. The molecule has 2 atom stereocenters. The van der Waals surface area contributed by atoms with Crippen LogP contribution >= 0.6 is 11.8 Å². The predicted octanol–water partition coefficient (Wildman–Crippen LogP) is 0.658. The molecule has 0 aromatic carbocycles.